The number of hydrogen-bond acceptors (Lipinski definition) is 5. The Bertz CT molecular complexity index is 715. The van der Waals surface area contributed by atoms with E-state index in [4.69, 9.17) is 5.73 Å². The zero-order valence-electron chi connectivity index (χ0n) is 10.3. The zero-order valence-corrected chi connectivity index (χ0v) is 10.3. The van der Waals surface area contributed by atoms with Crippen molar-refractivity contribution < 1.29 is 0 Å². The first-order valence-corrected chi connectivity index (χ1v) is 5.90. The summed E-state index contributed by atoms with van der Waals surface area (Å²) in [6.45, 7) is 4.30. The van der Waals surface area contributed by atoms with Gasteiger partial charge in [0, 0.05) is 22.8 Å². The highest BCUT2D eigenvalue weighted by molar-refractivity contribution is 5.94. The molecule has 0 radical (unpaired) electrons. The van der Waals surface area contributed by atoms with E-state index in [-0.39, 0.29) is 0 Å². The molecule has 92 valence electrons. The van der Waals surface area contributed by atoms with E-state index in [1.54, 1.807) is 16.9 Å². The lowest BCUT2D eigenvalue weighted by Gasteiger charge is -2.12. The SMILES string of the molecule is CC(C)Cc1c(N)c2ccncc2n2nnnc12. The van der Waals surface area contributed by atoms with E-state index in [9.17, 15) is 0 Å². The van der Waals surface area contributed by atoms with Crippen LogP contribution in [0, 0.1) is 5.92 Å². The number of fused-ring (bicyclic) bond motifs is 3. The summed E-state index contributed by atoms with van der Waals surface area (Å²) in [6.07, 6.45) is 4.32. The van der Waals surface area contributed by atoms with Crippen LogP contribution in [0.1, 0.15) is 19.4 Å². The van der Waals surface area contributed by atoms with Gasteiger partial charge in [0.2, 0.25) is 0 Å². The molecule has 0 unspecified atom stereocenters. The number of anilines is 1. The van der Waals surface area contributed by atoms with Gasteiger partial charge in [-0.2, -0.15) is 4.52 Å². The van der Waals surface area contributed by atoms with Crippen molar-refractivity contribution in [3.63, 3.8) is 0 Å². The summed E-state index contributed by atoms with van der Waals surface area (Å²) >= 11 is 0. The summed E-state index contributed by atoms with van der Waals surface area (Å²) in [4.78, 5) is 4.10. The van der Waals surface area contributed by atoms with E-state index >= 15 is 0 Å². The summed E-state index contributed by atoms with van der Waals surface area (Å²) in [7, 11) is 0. The fourth-order valence-electron chi connectivity index (χ4n) is 2.21. The standard InChI is InChI=1S/C12H14N6/c1-7(2)5-9-11(13)8-3-4-14-6-10(8)18-12(9)15-16-17-18/h3-4,6-7H,5,13H2,1-2H3. The van der Waals surface area contributed by atoms with Gasteiger partial charge in [0.05, 0.1) is 11.7 Å². The van der Waals surface area contributed by atoms with Crippen molar-refractivity contribution in [3.05, 3.63) is 24.0 Å². The van der Waals surface area contributed by atoms with E-state index < -0.39 is 0 Å². The highest BCUT2D eigenvalue weighted by Crippen LogP contribution is 2.28. The number of hydrogen-bond donors (Lipinski definition) is 1. The number of rotatable bonds is 2. The van der Waals surface area contributed by atoms with Gasteiger partial charge in [0.25, 0.3) is 0 Å². The Labute approximate surface area is 104 Å². The number of nitrogen functional groups attached to an aromatic ring is 1. The molecule has 0 aliphatic carbocycles. The van der Waals surface area contributed by atoms with Gasteiger partial charge < -0.3 is 5.73 Å². The normalized spacial score (nSPS) is 11.7. The molecule has 6 heteroatoms. The summed E-state index contributed by atoms with van der Waals surface area (Å²) < 4.78 is 1.70. The number of tetrazole rings is 1. The predicted molar refractivity (Wildman–Crippen MR) is 69.0 cm³/mol. The Hall–Kier alpha value is -2.24. The Balaban J connectivity index is 2.44. The lowest BCUT2D eigenvalue weighted by molar-refractivity contribution is 0.649. The van der Waals surface area contributed by atoms with Crippen LogP contribution in [0.3, 0.4) is 0 Å². The molecule has 3 rings (SSSR count). The van der Waals surface area contributed by atoms with Crippen LogP contribution in [0.25, 0.3) is 16.6 Å². The Morgan fingerprint density at radius 2 is 2.22 bits per heavy atom. The average Bonchev–Trinajstić information content (AvgIpc) is 2.83. The summed E-state index contributed by atoms with van der Waals surface area (Å²) in [5, 5.41) is 12.8. The smallest absolute Gasteiger partial charge is 0.185 e. The van der Waals surface area contributed by atoms with Crippen LogP contribution in [-0.2, 0) is 6.42 Å². The molecule has 3 aromatic rings. The van der Waals surface area contributed by atoms with E-state index in [0.29, 0.717) is 5.92 Å². The van der Waals surface area contributed by atoms with Gasteiger partial charge in [-0.3, -0.25) is 4.98 Å². The Morgan fingerprint density at radius 3 is 3.00 bits per heavy atom. The highest BCUT2D eigenvalue weighted by Gasteiger charge is 2.15. The molecule has 0 aliphatic heterocycles. The van der Waals surface area contributed by atoms with E-state index in [0.717, 1.165) is 34.2 Å². The van der Waals surface area contributed by atoms with Crippen molar-refractivity contribution in [2.45, 2.75) is 20.3 Å². The summed E-state index contributed by atoms with van der Waals surface area (Å²) in [5.74, 6) is 0.493. The molecular weight excluding hydrogens is 228 g/mol. The van der Waals surface area contributed by atoms with Crippen molar-refractivity contribution >= 4 is 22.2 Å². The minimum Gasteiger partial charge on any atom is -0.398 e. The average molecular weight is 242 g/mol. The van der Waals surface area contributed by atoms with Gasteiger partial charge in [-0.15, -0.1) is 5.10 Å². The number of pyridine rings is 2. The number of nitrogens with zero attached hydrogens (tertiary/aromatic N) is 5. The molecular formula is C12H14N6. The maximum Gasteiger partial charge on any atom is 0.185 e. The minimum atomic E-state index is 0.493. The summed E-state index contributed by atoms with van der Waals surface area (Å²) in [6, 6.07) is 1.90. The second-order valence-corrected chi connectivity index (χ2v) is 4.80. The van der Waals surface area contributed by atoms with Gasteiger partial charge in [0.15, 0.2) is 5.65 Å². The van der Waals surface area contributed by atoms with Crippen molar-refractivity contribution in [1.82, 2.24) is 25.0 Å². The molecule has 0 fully saturated rings. The van der Waals surface area contributed by atoms with Crippen LogP contribution in [0.2, 0.25) is 0 Å². The van der Waals surface area contributed by atoms with Gasteiger partial charge in [0.1, 0.15) is 0 Å². The second-order valence-electron chi connectivity index (χ2n) is 4.80. The van der Waals surface area contributed by atoms with E-state index in [1.807, 2.05) is 6.07 Å². The van der Waals surface area contributed by atoms with Crippen molar-refractivity contribution in [3.8, 4) is 0 Å². The van der Waals surface area contributed by atoms with Gasteiger partial charge in [-0.1, -0.05) is 13.8 Å². The maximum atomic E-state index is 6.26. The van der Waals surface area contributed by atoms with Gasteiger partial charge in [-0.05, 0) is 28.8 Å². The molecule has 3 aromatic heterocycles. The lowest BCUT2D eigenvalue weighted by Crippen LogP contribution is -2.06. The molecule has 2 N–H and O–H groups in total. The molecule has 0 aromatic carbocycles. The first-order valence-electron chi connectivity index (χ1n) is 5.90. The first kappa shape index (κ1) is 10.9. The number of nitrogens with two attached hydrogens (primary N) is 1. The second kappa shape index (κ2) is 3.90. The molecule has 6 nitrogen and oxygen atoms in total. The van der Waals surface area contributed by atoms with Crippen LogP contribution < -0.4 is 5.73 Å². The molecule has 0 bridgehead atoms. The summed E-state index contributed by atoms with van der Waals surface area (Å²) in [5.41, 5.74) is 9.58. The Kier molecular flexibility index (Phi) is 2.36. The highest BCUT2D eigenvalue weighted by atomic mass is 15.5. The van der Waals surface area contributed by atoms with E-state index in [2.05, 4.69) is 34.4 Å². The van der Waals surface area contributed by atoms with Crippen molar-refractivity contribution in [2.75, 3.05) is 5.73 Å². The minimum absolute atomic E-state index is 0.493. The van der Waals surface area contributed by atoms with Crippen LogP contribution in [0.15, 0.2) is 18.5 Å². The fourth-order valence-corrected chi connectivity index (χ4v) is 2.21. The number of aromatic nitrogens is 5. The van der Waals surface area contributed by atoms with Crippen molar-refractivity contribution in [1.29, 1.82) is 0 Å². The van der Waals surface area contributed by atoms with E-state index in [1.165, 1.54) is 0 Å². The maximum absolute atomic E-state index is 6.26. The monoisotopic (exact) mass is 242 g/mol. The molecule has 0 amide bonds. The molecule has 0 saturated carbocycles. The molecule has 0 saturated heterocycles. The third-order valence-electron chi connectivity index (χ3n) is 3.00. The van der Waals surface area contributed by atoms with Gasteiger partial charge in [-0.25, -0.2) is 0 Å². The molecule has 0 spiro atoms. The topological polar surface area (TPSA) is 82.0 Å². The van der Waals surface area contributed by atoms with Gasteiger partial charge >= 0.3 is 0 Å². The predicted octanol–water partition coefficient (Wildman–Crippen LogP) is 1.45. The lowest BCUT2D eigenvalue weighted by atomic mass is 10.0. The molecule has 0 atom stereocenters. The largest absolute Gasteiger partial charge is 0.398 e. The Morgan fingerprint density at radius 1 is 1.39 bits per heavy atom. The van der Waals surface area contributed by atoms with Crippen LogP contribution >= 0.6 is 0 Å². The molecule has 3 heterocycles. The third kappa shape index (κ3) is 1.49. The third-order valence-corrected chi connectivity index (χ3v) is 3.00. The molecule has 18 heavy (non-hydrogen) atoms. The quantitative estimate of drug-likeness (QED) is 0.735. The first-order chi connectivity index (χ1) is 8.68. The van der Waals surface area contributed by atoms with Crippen LogP contribution in [0.4, 0.5) is 5.69 Å². The zero-order chi connectivity index (χ0) is 12.7. The van der Waals surface area contributed by atoms with Crippen molar-refractivity contribution in [2.24, 2.45) is 5.92 Å². The fraction of sp³-hybridized carbons (Fsp3) is 0.333. The van der Waals surface area contributed by atoms with Crippen LogP contribution in [-0.4, -0.2) is 25.0 Å². The molecule has 0 aliphatic rings. The van der Waals surface area contributed by atoms with Crippen LogP contribution in [0.5, 0.6) is 0 Å².